The first-order valence-corrected chi connectivity index (χ1v) is 9.25. The van der Waals surface area contributed by atoms with Crippen molar-refractivity contribution in [2.75, 3.05) is 11.5 Å². The molecule has 1 saturated heterocycles. The summed E-state index contributed by atoms with van der Waals surface area (Å²) in [5, 5.41) is 2.78. The van der Waals surface area contributed by atoms with Gasteiger partial charge >= 0.3 is 0 Å². The first-order valence-electron chi connectivity index (χ1n) is 8.10. The molecule has 0 amide bonds. The van der Waals surface area contributed by atoms with E-state index in [9.17, 15) is 0 Å². The Hall–Kier alpha value is -1.73. The molecule has 0 saturated carbocycles. The van der Waals surface area contributed by atoms with Crippen molar-refractivity contribution in [1.29, 1.82) is 0 Å². The molecule has 5 rings (SSSR count). The Bertz CT molecular complexity index is 872. The van der Waals surface area contributed by atoms with Crippen LogP contribution in [0.4, 0.5) is 0 Å². The van der Waals surface area contributed by atoms with Crippen molar-refractivity contribution in [2.45, 2.75) is 18.3 Å². The largest absolute Gasteiger partial charge is 0.162 e. The second-order valence-corrected chi connectivity index (χ2v) is 7.67. The Kier molecular flexibility index (Phi) is 2.69. The normalized spacial score (nSPS) is 18.4. The van der Waals surface area contributed by atoms with Crippen LogP contribution in [0, 0.1) is 0 Å². The van der Waals surface area contributed by atoms with Crippen molar-refractivity contribution >= 4 is 22.5 Å². The van der Waals surface area contributed by atoms with E-state index in [2.05, 4.69) is 72.4 Å². The molecule has 108 valence electrons. The Labute approximate surface area is 135 Å². The monoisotopic (exact) mass is 302 g/mol. The predicted octanol–water partition coefficient (Wildman–Crippen LogP) is 5.63. The van der Waals surface area contributed by atoms with Crippen molar-refractivity contribution in [1.82, 2.24) is 0 Å². The molecule has 1 heterocycles. The first-order chi connectivity index (χ1) is 10.9. The molecule has 0 radical (unpaired) electrons. The van der Waals surface area contributed by atoms with E-state index in [0.717, 1.165) is 0 Å². The second-order valence-electron chi connectivity index (χ2n) is 6.45. The lowest BCUT2D eigenvalue weighted by molar-refractivity contribution is 0.488. The molecule has 0 bridgehead atoms. The number of fused-ring (bicyclic) bond motifs is 7. The van der Waals surface area contributed by atoms with Gasteiger partial charge in [-0.05, 0) is 57.4 Å². The van der Waals surface area contributed by atoms with Gasteiger partial charge in [0.05, 0.1) is 0 Å². The summed E-state index contributed by atoms with van der Waals surface area (Å²) < 4.78 is 0. The summed E-state index contributed by atoms with van der Waals surface area (Å²) in [7, 11) is 0. The van der Waals surface area contributed by atoms with E-state index in [1.54, 1.807) is 11.1 Å². The number of hydrogen-bond donors (Lipinski definition) is 0. The minimum Gasteiger partial charge on any atom is -0.162 e. The molecular formula is C21H18S. The maximum absolute atomic E-state index is 2.41. The standard InChI is InChI=1S/C21H18S/c1-2-6-16-15(5-1)9-10-19-20(16)17-7-3-4-8-18(17)21(19)11-13-22-14-12-21/h1-10H,11-14H2. The highest BCUT2D eigenvalue weighted by atomic mass is 32.2. The summed E-state index contributed by atoms with van der Waals surface area (Å²) in [5.74, 6) is 2.56. The van der Waals surface area contributed by atoms with Gasteiger partial charge in [-0.1, -0.05) is 60.7 Å². The van der Waals surface area contributed by atoms with Crippen molar-refractivity contribution in [2.24, 2.45) is 0 Å². The zero-order valence-electron chi connectivity index (χ0n) is 12.5. The summed E-state index contributed by atoms with van der Waals surface area (Å²) in [6.07, 6.45) is 2.56. The zero-order valence-corrected chi connectivity index (χ0v) is 13.3. The fourth-order valence-corrected chi connectivity index (χ4v) is 5.67. The summed E-state index contributed by atoms with van der Waals surface area (Å²) in [6, 6.07) is 22.7. The second kappa shape index (κ2) is 4.63. The van der Waals surface area contributed by atoms with Crippen LogP contribution in [0.3, 0.4) is 0 Å². The van der Waals surface area contributed by atoms with Crippen LogP contribution < -0.4 is 0 Å². The van der Waals surface area contributed by atoms with Gasteiger partial charge < -0.3 is 0 Å². The van der Waals surface area contributed by atoms with Crippen molar-refractivity contribution < 1.29 is 0 Å². The van der Waals surface area contributed by atoms with Gasteiger partial charge in [0.15, 0.2) is 0 Å². The van der Waals surface area contributed by atoms with Crippen molar-refractivity contribution in [3.8, 4) is 11.1 Å². The van der Waals surface area contributed by atoms with Crippen LogP contribution in [0.5, 0.6) is 0 Å². The van der Waals surface area contributed by atoms with Gasteiger partial charge in [0.2, 0.25) is 0 Å². The molecule has 22 heavy (non-hydrogen) atoms. The molecule has 0 N–H and O–H groups in total. The average Bonchev–Trinajstić information content (AvgIpc) is 2.87. The van der Waals surface area contributed by atoms with Gasteiger partial charge in [-0.25, -0.2) is 0 Å². The fraction of sp³-hybridized carbons (Fsp3) is 0.238. The van der Waals surface area contributed by atoms with Crippen LogP contribution in [-0.4, -0.2) is 11.5 Å². The maximum Gasteiger partial charge on any atom is 0.0231 e. The van der Waals surface area contributed by atoms with Crippen molar-refractivity contribution in [3.63, 3.8) is 0 Å². The molecule has 0 aromatic heterocycles. The Morgan fingerprint density at radius 3 is 2.41 bits per heavy atom. The molecule has 1 aliphatic carbocycles. The van der Waals surface area contributed by atoms with Crippen molar-refractivity contribution in [3.05, 3.63) is 71.8 Å². The molecule has 0 atom stereocenters. The van der Waals surface area contributed by atoms with Crippen LogP contribution in [0.15, 0.2) is 60.7 Å². The van der Waals surface area contributed by atoms with E-state index >= 15 is 0 Å². The third kappa shape index (κ3) is 1.55. The lowest BCUT2D eigenvalue weighted by Gasteiger charge is -2.35. The third-order valence-corrected chi connectivity index (χ3v) is 6.49. The smallest absolute Gasteiger partial charge is 0.0231 e. The lowest BCUT2D eigenvalue weighted by Crippen LogP contribution is -2.30. The highest BCUT2D eigenvalue weighted by Crippen LogP contribution is 2.56. The van der Waals surface area contributed by atoms with E-state index in [1.165, 1.54) is 46.2 Å². The quantitative estimate of drug-likeness (QED) is 0.518. The number of benzene rings is 3. The summed E-state index contributed by atoms with van der Waals surface area (Å²) in [4.78, 5) is 0. The zero-order chi connectivity index (χ0) is 14.6. The van der Waals surface area contributed by atoms with Gasteiger partial charge in [-0.3, -0.25) is 0 Å². The summed E-state index contributed by atoms with van der Waals surface area (Å²) in [5.41, 5.74) is 6.39. The molecule has 1 spiro atoms. The van der Waals surface area contributed by atoms with E-state index < -0.39 is 0 Å². The van der Waals surface area contributed by atoms with E-state index in [1.807, 2.05) is 0 Å². The highest BCUT2D eigenvalue weighted by Gasteiger charge is 2.44. The minimum atomic E-state index is 0.265. The van der Waals surface area contributed by atoms with Gasteiger partial charge in [-0.15, -0.1) is 0 Å². The van der Waals surface area contributed by atoms with Gasteiger partial charge in [0, 0.05) is 5.41 Å². The molecule has 1 aliphatic heterocycles. The van der Waals surface area contributed by atoms with Crippen LogP contribution in [-0.2, 0) is 5.41 Å². The SMILES string of the molecule is c1ccc2c(c1)-c1c(ccc3ccccc13)C21CCSCC1. The number of thioether (sulfide) groups is 1. The molecule has 0 nitrogen and oxygen atoms in total. The molecule has 3 aromatic carbocycles. The molecule has 0 unspecified atom stereocenters. The van der Waals surface area contributed by atoms with Crippen LogP contribution >= 0.6 is 11.8 Å². The van der Waals surface area contributed by atoms with Crippen LogP contribution in [0.25, 0.3) is 21.9 Å². The topological polar surface area (TPSA) is 0 Å². The number of hydrogen-bond acceptors (Lipinski definition) is 1. The fourth-order valence-electron chi connectivity index (χ4n) is 4.48. The summed E-state index contributed by atoms with van der Waals surface area (Å²) >= 11 is 2.11. The maximum atomic E-state index is 2.41. The van der Waals surface area contributed by atoms with Crippen LogP contribution in [0.2, 0.25) is 0 Å². The predicted molar refractivity (Wildman–Crippen MR) is 96.7 cm³/mol. The van der Waals surface area contributed by atoms with Gasteiger partial charge in [0.1, 0.15) is 0 Å². The minimum absolute atomic E-state index is 0.265. The van der Waals surface area contributed by atoms with E-state index in [4.69, 9.17) is 0 Å². The van der Waals surface area contributed by atoms with Gasteiger partial charge in [0.25, 0.3) is 0 Å². The average molecular weight is 302 g/mol. The first kappa shape index (κ1) is 12.8. The molecule has 3 aromatic rings. The third-order valence-electron chi connectivity index (χ3n) is 5.50. The Morgan fingerprint density at radius 1 is 0.727 bits per heavy atom. The summed E-state index contributed by atoms with van der Waals surface area (Å²) in [6.45, 7) is 0. The van der Waals surface area contributed by atoms with E-state index in [-0.39, 0.29) is 5.41 Å². The van der Waals surface area contributed by atoms with E-state index in [0.29, 0.717) is 0 Å². The van der Waals surface area contributed by atoms with Crippen LogP contribution in [0.1, 0.15) is 24.0 Å². The molecule has 2 aliphatic rings. The molecule has 1 fully saturated rings. The number of rotatable bonds is 0. The molecular weight excluding hydrogens is 284 g/mol. The highest BCUT2D eigenvalue weighted by molar-refractivity contribution is 7.99. The lowest BCUT2D eigenvalue weighted by atomic mass is 9.73. The van der Waals surface area contributed by atoms with Gasteiger partial charge in [-0.2, -0.15) is 11.8 Å². The Morgan fingerprint density at radius 2 is 1.50 bits per heavy atom. The molecule has 1 heteroatoms. The Balaban J connectivity index is 1.92.